The summed E-state index contributed by atoms with van der Waals surface area (Å²) in [6, 6.07) is 0. The number of methoxy groups -OCH3 is 1. The van der Waals surface area contributed by atoms with Crippen molar-refractivity contribution >= 4 is 0 Å². The van der Waals surface area contributed by atoms with Crippen LogP contribution in [0.1, 0.15) is 32.6 Å². The highest BCUT2D eigenvalue weighted by molar-refractivity contribution is 5.02. The lowest BCUT2D eigenvalue weighted by Crippen LogP contribution is -2.40. The van der Waals surface area contributed by atoms with Gasteiger partial charge in [0.25, 0.3) is 0 Å². The van der Waals surface area contributed by atoms with Gasteiger partial charge in [0.15, 0.2) is 0 Å². The first-order valence-corrected chi connectivity index (χ1v) is 5.11. The van der Waals surface area contributed by atoms with E-state index in [-0.39, 0.29) is 17.6 Å². The number of rotatable bonds is 6. The highest BCUT2D eigenvalue weighted by atomic mass is 16.5. The fourth-order valence-electron chi connectivity index (χ4n) is 1.86. The Morgan fingerprint density at radius 1 is 1.54 bits per heavy atom. The third kappa shape index (κ3) is 2.22. The zero-order valence-electron chi connectivity index (χ0n) is 8.62. The quantitative estimate of drug-likeness (QED) is 0.649. The van der Waals surface area contributed by atoms with Crippen LogP contribution in [0.3, 0.4) is 0 Å². The Bertz CT molecular complexity index is 157. The minimum absolute atomic E-state index is 0.0180. The second-order valence-electron chi connectivity index (χ2n) is 4.07. The molecule has 2 unspecified atom stereocenters. The van der Waals surface area contributed by atoms with E-state index in [1.165, 1.54) is 0 Å². The molecule has 3 nitrogen and oxygen atoms in total. The van der Waals surface area contributed by atoms with Crippen molar-refractivity contribution in [2.45, 2.75) is 44.8 Å². The summed E-state index contributed by atoms with van der Waals surface area (Å²) in [5.74, 6) is 0. The second kappa shape index (κ2) is 4.40. The van der Waals surface area contributed by atoms with Gasteiger partial charge in [-0.1, -0.05) is 13.3 Å². The highest BCUT2D eigenvalue weighted by Gasteiger charge is 2.50. The molecule has 0 heterocycles. The van der Waals surface area contributed by atoms with Crippen LogP contribution in [0, 0.1) is 5.41 Å². The van der Waals surface area contributed by atoms with Gasteiger partial charge in [0.2, 0.25) is 0 Å². The Kier molecular flexibility index (Phi) is 3.71. The van der Waals surface area contributed by atoms with E-state index in [1.54, 1.807) is 7.11 Å². The molecular formula is C10H21NO2. The monoisotopic (exact) mass is 187 g/mol. The van der Waals surface area contributed by atoms with Crippen LogP contribution in [-0.2, 0) is 4.74 Å². The lowest BCUT2D eigenvalue weighted by Gasteiger charge is -2.27. The molecule has 0 aromatic carbocycles. The highest BCUT2D eigenvalue weighted by Crippen LogP contribution is 2.49. The maximum Gasteiger partial charge on any atom is 0.0869 e. The van der Waals surface area contributed by atoms with E-state index in [2.05, 4.69) is 6.92 Å². The van der Waals surface area contributed by atoms with Crippen LogP contribution in [0.4, 0.5) is 0 Å². The summed E-state index contributed by atoms with van der Waals surface area (Å²) in [7, 11) is 1.66. The maximum atomic E-state index is 10.0. The van der Waals surface area contributed by atoms with Crippen molar-refractivity contribution in [2.75, 3.05) is 13.7 Å². The van der Waals surface area contributed by atoms with Crippen LogP contribution < -0.4 is 5.73 Å². The number of aliphatic hydroxyl groups is 1. The number of ether oxygens (including phenoxy) is 1. The molecule has 78 valence electrons. The number of hydrogen-bond donors (Lipinski definition) is 2. The third-order valence-electron chi connectivity index (χ3n) is 3.15. The van der Waals surface area contributed by atoms with Crippen molar-refractivity contribution in [1.82, 2.24) is 0 Å². The molecule has 3 heteroatoms. The van der Waals surface area contributed by atoms with Gasteiger partial charge in [-0.3, -0.25) is 0 Å². The summed E-state index contributed by atoms with van der Waals surface area (Å²) < 4.78 is 5.28. The molecule has 1 fully saturated rings. The molecule has 1 aliphatic carbocycles. The van der Waals surface area contributed by atoms with Gasteiger partial charge in [0, 0.05) is 19.1 Å². The first-order valence-electron chi connectivity index (χ1n) is 5.11. The maximum absolute atomic E-state index is 10.0. The Morgan fingerprint density at radius 2 is 2.15 bits per heavy atom. The lowest BCUT2D eigenvalue weighted by molar-refractivity contribution is -0.0514. The molecule has 1 rings (SSSR count). The SMILES string of the molecule is CCCC(OC)C(O)C1(CN)CC1. The van der Waals surface area contributed by atoms with Gasteiger partial charge in [-0.25, -0.2) is 0 Å². The normalized spacial score (nSPS) is 24.0. The molecule has 0 spiro atoms. The minimum Gasteiger partial charge on any atom is -0.390 e. The van der Waals surface area contributed by atoms with Crippen LogP contribution in [0.2, 0.25) is 0 Å². The molecule has 0 aromatic heterocycles. The van der Waals surface area contributed by atoms with E-state index in [0.717, 1.165) is 25.7 Å². The van der Waals surface area contributed by atoms with Crippen LogP contribution in [-0.4, -0.2) is 31.0 Å². The third-order valence-corrected chi connectivity index (χ3v) is 3.15. The molecule has 1 saturated carbocycles. The Balaban J connectivity index is 2.48. The minimum atomic E-state index is -0.373. The summed E-state index contributed by atoms with van der Waals surface area (Å²) in [6.07, 6.45) is 3.65. The van der Waals surface area contributed by atoms with Crippen molar-refractivity contribution in [1.29, 1.82) is 0 Å². The van der Waals surface area contributed by atoms with Crippen LogP contribution in [0.5, 0.6) is 0 Å². The van der Waals surface area contributed by atoms with E-state index >= 15 is 0 Å². The smallest absolute Gasteiger partial charge is 0.0869 e. The van der Waals surface area contributed by atoms with Crippen molar-refractivity contribution in [3.8, 4) is 0 Å². The topological polar surface area (TPSA) is 55.5 Å². The summed E-state index contributed by atoms with van der Waals surface area (Å²) in [6.45, 7) is 2.68. The molecule has 1 aliphatic rings. The first kappa shape index (κ1) is 11.0. The second-order valence-corrected chi connectivity index (χ2v) is 4.07. The summed E-state index contributed by atoms with van der Waals surface area (Å²) >= 11 is 0. The van der Waals surface area contributed by atoms with Gasteiger partial charge in [-0.2, -0.15) is 0 Å². The average molecular weight is 187 g/mol. The molecule has 0 saturated heterocycles. The van der Waals surface area contributed by atoms with Gasteiger partial charge in [-0.15, -0.1) is 0 Å². The molecule has 13 heavy (non-hydrogen) atoms. The van der Waals surface area contributed by atoms with Crippen molar-refractivity contribution < 1.29 is 9.84 Å². The summed E-state index contributed by atoms with van der Waals surface area (Å²) in [5.41, 5.74) is 5.62. The van der Waals surface area contributed by atoms with E-state index in [0.29, 0.717) is 6.54 Å². The average Bonchev–Trinajstić information content (AvgIpc) is 2.93. The Hall–Kier alpha value is -0.120. The largest absolute Gasteiger partial charge is 0.390 e. The fraction of sp³-hybridized carbons (Fsp3) is 1.00. The zero-order chi connectivity index (χ0) is 9.90. The molecule has 0 bridgehead atoms. The fourth-order valence-corrected chi connectivity index (χ4v) is 1.86. The molecule has 2 atom stereocenters. The van der Waals surface area contributed by atoms with Crippen LogP contribution in [0.25, 0.3) is 0 Å². The zero-order valence-corrected chi connectivity index (χ0v) is 8.62. The number of hydrogen-bond acceptors (Lipinski definition) is 3. The van der Waals surface area contributed by atoms with Crippen molar-refractivity contribution in [2.24, 2.45) is 11.1 Å². The van der Waals surface area contributed by atoms with E-state index in [4.69, 9.17) is 10.5 Å². The van der Waals surface area contributed by atoms with Crippen LogP contribution >= 0.6 is 0 Å². The van der Waals surface area contributed by atoms with Crippen molar-refractivity contribution in [3.05, 3.63) is 0 Å². The molecule has 0 aromatic rings. The van der Waals surface area contributed by atoms with E-state index in [9.17, 15) is 5.11 Å². The first-order chi connectivity index (χ1) is 6.20. The Morgan fingerprint density at radius 3 is 2.46 bits per heavy atom. The molecule has 0 radical (unpaired) electrons. The van der Waals surface area contributed by atoms with Gasteiger partial charge in [0.05, 0.1) is 12.2 Å². The predicted molar refractivity (Wildman–Crippen MR) is 52.4 cm³/mol. The van der Waals surface area contributed by atoms with Crippen LogP contribution in [0.15, 0.2) is 0 Å². The molecule has 3 N–H and O–H groups in total. The molecular weight excluding hydrogens is 166 g/mol. The molecule has 0 amide bonds. The van der Waals surface area contributed by atoms with E-state index < -0.39 is 0 Å². The van der Waals surface area contributed by atoms with Gasteiger partial charge in [0.1, 0.15) is 0 Å². The van der Waals surface area contributed by atoms with Gasteiger partial charge >= 0.3 is 0 Å². The number of nitrogens with two attached hydrogens (primary N) is 1. The lowest BCUT2D eigenvalue weighted by atomic mass is 9.92. The summed E-state index contributed by atoms with van der Waals surface area (Å²) in [5, 5.41) is 10.0. The number of aliphatic hydroxyl groups excluding tert-OH is 1. The Labute approximate surface area is 80.3 Å². The van der Waals surface area contributed by atoms with Crippen molar-refractivity contribution in [3.63, 3.8) is 0 Å². The van der Waals surface area contributed by atoms with E-state index in [1.807, 2.05) is 0 Å². The summed E-state index contributed by atoms with van der Waals surface area (Å²) in [4.78, 5) is 0. The standard InChI is InChI=1S/C10H21NO2/c1-3-4-8(13-2)9(12)10(7-11)5-6-10/h8-9,12H,3-7,11H2,1-2H3. The molecule has 0 aliphatic heterocycles. The van der Waals surface area contributed by atoms with Gasteiger partial charge < -0.3 is 15.6 Å². The van der Waals surface area contributed by atoms with Gasteiger partial charge in [-0.05, 0) is 19.3 Å². The predicted octanol–water partition coefficient (Wildman–Crippen LogP) is 0.901.